The van der Waals surface area contributed by atoms with E-state index in [1.165, 1.54) is 36.7 Å². The summed E-state index contributed by atoms with van der Waals surface area (Å²) in [4.78, 5) is 38.8. The van der Waals surface area contributed by atoms with E-state index in [-0.39, 0.29) is 5.00 Å². The topological polar surface area (TPSA) is 102 Å². The summed E-state index contributed by atoms with van der Waals surface area (Å²) in [5, 5.41) is 14.0. The van der Waals surface area contributed by atoms with Crippen molar-refractivity contribution in [2.75, 3.05) is 25.5 Å². The Morgan fingerprint density at radius 1 is 1.39 bits per heavy atom. The van der Waals surface area contributed by atoms with Gasteiger partial charge >= 0.3 is 11.0 Å². The van der Waals surface area contributed by atoms with E-state index in [1.54, 1.807) is 6.07 Å². The van der Waals surface area contributed by atoms with E-state index < -0.39 is 16.8 Å². The number of carbonyl (C=O) groups excluding carboxylic acids is 2. The average Bonchev–Trinajstić information content (AvgIpc) is 3.29. The second kappa shape index (κ2) is 8.63. The van der Waals surface area contributed by atoms with E-state index in [9.17, 15) is 19.7 Å². The number of ether oxygens (including phenoxy) is 1. The molecule has 0 aromatic carbocycles. The van der Waals surface area contributed by atoms with E-state index >= 15 is 0 Å². The van der Waals surface area contributed by atoms with Gasteiger partial charge in [0.15, 0.2) is 0 Å². The Morgan fingerprint density at radius 3 is 2.82 bits per heavy atom. The van der Waals surface area contributed by atoms with Crippen molar-refractivity contribution in [1.82, 2.24) is 4.90 Å². The maximum atomic E-state index is 12.3. The molecule has 1 N–H and O–H groups in total. The maximum Gasteiger partial charge on any atom is 0.341 e. The first-order valence-electron chi connectivity index (χ1n) is 8.61. The lowest BCUT2D eigenvalue weighted by atomic mass is 10.0. The molecule has 0 aliphatic carbocycles. The molecule has 1 aliphatic rings. The van der Waals surface area contributed by atoms with E-state index in [0.717, 1.165) is 47.8 Å². The molecule has 1 amide bonds. The minimum absolute atomic E-state index is 0.0134. The highest BCUT2D eigenvalue weighted by Crippen LogP contribution is 2.37. The number of fused-ring (bicyclic) bond motifs is 1. The average molecular weight is 422 g/mol. The normalized spacial score (nSPS) is 14.1. The van der Waals surface area contributed by atoms with Crippen molar-refractivity contribution in [3.63, 3.8) is 0 Å². The van der Waals surface area contributed by atoms with Crippen LogP contribution in [0.5, 0.6) is 0 Å². The van der Waals surface area contributed by atoms with E-state index in [1.807, 2.05) is 0 Å². The van der Waals surface area contributed by atoms with Crippen LogP contribution in [-0.4, -0.2) is 41.9 Å². The number of nitrogens with zero attached hydrogens (tertiary/aromatic N) is 2. The molecule has 8 nitrogen and oxygen atoms in total. The first-order chi connectivity index (χ1) is 13.4. The smallest absolute Gasteiger partial charge is 0.341 e. The number of thiophene rings is 2. The number of methoxy groups -OCH3 is 1. The van der Waals surface area contributed by atoms with Gasteiger partial charge in [0.2, 0.25) is 5.91 Å². The Labute approximate surface area is 169 Å². The summed E-state index contributed by atoms with van der Waals surface area (Å²) in [5.74, 6) is -0.872. The Morgan fingerprint density at radius 2 is 2.18 bits per heavy atom. The molecule has 3 heterocycles. The molecule has 0 radical (unpaired) electrons. The van der Waals surface area contributed by atoms with Gasteiger partial charge in [-0.3, -0.25) is 19.8 Å². The quantitative estimate of drug-likeness (QED) is 0.331. The zero-order chi connectivity index (χ0) is 20.3. The fourth-order valence-corrected chi connectivity index (χ4v) is 4.98. The second-order valence-corrected chi connectivity index (χ2v) is 8.27. The molecule has 0 atom stereocenters. The zero-order valence-corrected chi connectivity index (χ0v) is 17.0. The van der Waals surface area contributed by atoms with Gasteiger partial charge in [-0.25, -0.2) is 4.79 Å². The fraction of sp³-hybridized carbons (Fsp3) is 0.333. The summed E-state index contributed by atoms with van der Waals surface area (Å²) in [5.41, 5.74) is 1.36. The van der Waals surface area contributed by atoms with Crippen LogP contribution in [0.15, 0.2) is 18.2 Å². The van der Waals surface area contributed by atoms with Gasteiger partial charge in [-0.05, 0) is 30.7 Å². The number of anilines is 1. The van der Waals surface area contributed by atoms with Crippen molar-refractivity contribution in [3.8, 4) is 0 Å². The summed E-state index contributed by atoms with van der Waals surface area (Å²) < 4.78 is 4.91. The maximum absolute atomic E-state index is 12.3. The number of carbonyl (C=O) groups is 2. The van der Waals surface area contributed by atoms with Crippen LogP contribution in [0.25, 0.3) is 6.08 Å². The van der Waals surface area contributed by atoms with Crippen molar-refractivity contribution >= 4 is 50.6 Å². The number of hydrogen-bond donors (Lipinski definition) is 1. The summed E-state index contributed by atoms with van der Waals surface area (Å²) in [6.45, 7) is 4.60. The molecule has 28 heavy (non-hydrogen) atoms. The Kier molecular flexibility index (Phi) is 6.22. The number of hydrogen-bond acceptors (Lipinski definition) is 8. The zero-order valence-electron chi connectivity index (χ0n) is 15.4. The molecule has 2 aromatic rings. The van der Waals surface area contributed by atoms with Gasteiger partial charge < -0.3 is 10.1 Å². The Bertz CT molecular complexity index is 947. The third-order valence-electron chi connectivity index (χ3n) is 4.40. The monoisotopic (exact) mass is 421 g/mol. The summed E-state index contributed by atoms with van der Waals surface area (Å²) in [6, 6.07) is 2.97. The van der Waals surface area contributed by atoms with Gasteiger partial charge in [-0.1, -0.05) is 18.3 Å². The van der Waals surface area contributed by atoms with Crippen molar-refractivity contribution in [1.29, 1.82) is 0 Å². The lowest BCUT2D eigenvalue weighted by Gasteiger charge is -2.25. The molecule has 1 aliphatic heterocycles. The highest BCUT2D eigenvalue weighted by Gasteiger charge is 2.28. The van der Waals surface area contributed by atoms with Gasteiger partial charge in [0.25, 0.3) is 0 Å². The molecule has 0 saturated heterocycles. The number of amides is 1. The predicted molar refractivity (Wildman–Crippen MR) is 109 cm³/mol. The minimum atomic E-state index is -0.472. The fourth-order valence-electron chi connectivity index (χ4n) is 2.97. The van der Waals surface area contributed by atoms with Gasteiger partial charge in [0, 0.05) is 35.0 Å². The van der Waals surface area contributed by atoms with Gasteiger partial charge in [0.1, 0.15) is 5.00 Å². The van der Waals surface area contributed by atoms with Crippen LogP contribution in [0, 0.1) is 10.1 Å². The number of likely N-dealkylation sites (N-methyl/N-ethyl adjacent to an activating group) is 1. The van der Waals surface area contributed by atoms with Crippen LogP contribution < -0.4 is 5.32 Å². The molecule has 3 rings (SSSR count). The van der Waals surface area contributed by atoms with Crippen molar-refractivity contribution in [2.45, 2.75) is 19.9 Å². The number of nitro groups is 1. The number of nitrogens with one attached hydrogen (secondary N) is 1. The lowest BCUT2D eigenvalue weighted by Crippen LogP contribution is -2.29. The van der Waals surface area contributed by atoms with Gasteiger partial charge in [0.05, 0.1) is 17.6 Å². The van der Waals surface area contributed by atoms with Crippen molar-refractivity contribution in [2.24, 2.45) is 0 Å². The largest absolute Gasteiger partial charge is 0.465 e. The van der Waals surface area contributed by atoms with Gasteiger partial charge in [-0.2, -0.15) is 0 Å². The standard InChI is InChI=1S/C18H19N3O5S2/c1-3-20-9-8-12-13(10-20)28-17(16(12)18(23)26-2)19-14(22)6-4-11-5-7-15(27-11)21(24)25/h4-7H,3,8-10H2,1-2H3,(H,19,22)/b6-4+. The Balaban J connectivity index is 1.79. The first-order valence-corrected chi connectivity index (χ1v) is 10.2. The van der Waals surface area contributed by atoms with Crippen LogP contribution >= 0.6 is 22.7 Å². The van der Waals surface area contributed by atoms with Gasteiger partial charge in [-0.15, -0.1) is 11.3 Å². The molecule has 0 bridgehead atoms. The third kappa shape index (κ3) is 4.29. The molecule has 2 aromatic heterocycles. The SMILES string of the molecule is CCN1CCc2c(sc(NC(=O)/C=C/c3ccc([N+](=O)[O-])s3)c2C(=O)OC)C1. The minimum Gasteiger partial charge on any atom is -0.465 e. The molecule has 0 spiro atoms. The number of rotatable bonds is 6. The highest BCUT2D eigenvalue weighted by atomic mass is 32.1. The van der Waals surface area contributed by atoms with Crippen LogP contribution in [0.4, 0.5) is 10.0 Å². The molecule has 0 saturated carbocycles. The lowest BCUT2D eigenvalue weighted by molar-refractivity contribution is -0.380. The number of esters is 1. The molecule has 148 valence electrons. The predicted octanol–water partition coefficient (Wildman–Crippen LogP) is 3.53. The Hall–Kier alpha value is -2.56. The van der Waals surface area contributed by atoms with E-state index in [0.29, 0.717) is 15.4 Å². The molecular weight excluding hydrogens is 402 g/mol. The van der Waals surface area contributed by atoms with Crippen LogP contribution in [0.3, 0.4) is 0 Å². The van der Waals surface area contributed by atoms with Crippen LogP contribution in [-0.2, 0) is 22.5 Å². The molecule has 0 fully saturated rings. The summed E-state index contributed by atoms with van der Waals surface area (Å²) in [6.07, 6.45) is 3.54. The summed E-state index contributed by atoms with van der Waals surface area (Å²) >= 11 is 2.37. The molecular formula is C18H19N3O5S2. The van der Waals surface area contributed by atoms with Crippen molar-refractivity contribution in [3.05, 3.63) is 49.2 Å². The second-order valence-electron chi connectivity index (χ2n) is 6.07. The first kappa shape index (κ1) is 20.2. The van der Waals surface area contributed by atoms with E-state index in [2.05, 4.69) is 17.1 Å². The van der Waals surface area contributed by atoms with E-state index in [4.69, 9.17) is 4.74 Å². The van der Waals surface area contributed by atoms with Crippen molar-refractivity contribution < 1.29 is 19.2 Å². The molecule has 10 heteroatoms. The summed E-state index contributed by atoms with van der Waals surface area (Å²) in [7, 11) is 1.32. The van der Waals surface area contributed by atoms with Crippen LogP contribution in [0.2, 0.25) is 0 Å². The van der Waals surface area contributed by atoms with Crippen LogP contribution in [0.1, 0.15) is 32.6 Å². The third-order valence-corrected chi connectivity index (χ3v) is 6.54. The highest BCUT2D eigenvalue weighted by molar-refractivity contribution is 7.17. The molecule has 0 unspecified atom stereocenters.